The van der Waals surface area contributed by atoms with Crippen molar-refractivity contribution in [1.29, 1.82) is 0 Å². The van der Waals surface area contributed by atoms with Gasteiger partial charge in [0.1, 0.15) is 0 Å². The molecule has 0 spiro atoms. The maximum absolute atomic E-state index is 11.8. The Bertz CT molecular complexity index is 372. The molecule has 6 heteroatoms. The van der Waals surface area contributed by atoms with Crippen LogP contribution in [0, 0.1) is 0 Å². The van der Waals surface area contributed by atoms with Gasteiger partial charge in [0.2, 0.25) is 0 Å². The zero-order valence-corrected chi connectivity index (χ0v) is 10.4. The fourth-order valence-corrected chi connectivity index (χ4v) is 2.70. The van der Waals surface area contributed by atoms with E-state index in [1.54, 1.807) is 0 Å². The molecule has 6 nitrogen and oxygen atoms in total. The second-order valence-corrected chi connectivity index (χ2v) is 4.79. The molecule has 1 aliphatic heterocycles. The van der Waals surface area contributed by atoms with Crippen LogP contribution in [-0.4, -0.2) is 47.5 Å². The van der Waals surface area contributed by atoms with E-state index >= 15 is 0 Å². The molecule has 0 aromatic rings. The molecule has 0 saturated carbocycles. The van der Waals surface area contributed by atoms with Gasteiger partial charge in [0.25, 0.3) is 0 Å². The molecule has 0 aromatic heterocycles. The summed E-state index contributed by atoms with van der Waals surface area (Å²) < 4.78 is 9.45. The third-order valence-electron chi connectivity index (χ3n) is 3.38. The number of carbonyl (C=O) groups is 2. The number of rotatable bonds is 0. The molecular weight excluding hydrogens is 224 g/mol. The molecule has 2 bridgehead atoms. The fourth-order valence-electron chi connectivity index (χ4n) is 2.70. The second-order valence-electron chi connectivity index (χ2n) is 4.79. The lowest BCUT2D eigenvalue weighted by Gasteiger charge is -2.40. The van der Waals surface area contributed by atoms with E-state index in [9.17, 15) is 9.59 Å². The number of ether oxygens (including phenoxy) is 2. The fraction of sp³-hybridized carbons (Fsp3) is 0.636. The van der Waals surface area contributed by atoms with Gasteiger partial charge in [0, 0.05) is 6.42 Å². The molecule has 2 unspecified atom stereocenters. The van der Waals surface area contributed by atoms with Crippen molar-refractivity contribution in [2.24, 2.45) is 0 Å². The molecule has 0 N–H and O–H groups in total. The summed E-state index contributed by atoms with van der Waals surface area (Å²) in [6.45, 7) is 3.77. The van der Waals surface area contributed by atoms with Crippen molar-refractivity contribution in [1.82, 2.24) is 10.0 Å². The lowest BCUT2D eigenvalue weighted by molar-refractivity contribution is -0.0402. The number of fused-ring (bicyclic) bond motifs is 2. The Kier molecular flexibility index (Phi) is 2.34. The minimum atomic E-state index is -0.564. The van der Waals surface area contributed by atoms with E-state index in [1.165, 1.54) is 24.2 Å². The predicted molar refractivity (Wildman–Crippen MR) is 59.1 cm³/mol. The Morgan fingerprint density at radius 1 is 1.00 bits per heavy atom. The van der Waals surface area contributed by atoms with Gasteiger partial charge < -0.3 is 9.47 Å². The molecule has 1 heterocycles. The van der Waals surface area contributed by atoms with Crippen molar-refractivity contribution < 1.29 is 19.1 Å². The van der Waals surface area contributed by atoms with E-state index in [2.05, 4.69) is 0 Å². The first-order valence-electron chi connectivity index (χ1n) is 5.35. The molecule has 0 radical (unpaired) electrons. The molecule has 1 aliphatic carbocycles. The number of hydrogen-bond donors (Lipinski definition) is 0. The Morgan fingerprint density at radius 3 is 1.65 bits per heavy atom. The number of hydrogen-bond acceptors (Lipinski definition) is 4. The van der Waals surface area contributed by atoms with Crippen molar-refractivity contribution in [2.75, 3.05) is 14.2 Å². The Balaban J connectivity index is 2.44. The van der Waals surface area contributed by atoms with Crippen molar-refractivity contribution in [3.05, 3.63) is 12.2 Å². The number of nitrogens with zero attached hydrogens (tertiary/aromatic N) is 2. The van der Waals surface area contributed by atoms with Crippen molar-refractivity contribution in [2.45, 2.75) is 31.3 Å². The molecule has 2 aliphatic rings. The van der Waals surface area contributed by atoms with Gasteiger partial charge in [-0.25, -0.2) is 19.6 Å². The SMILES string of the molecule is COC(=O)N1N(C(=O)OC)C2(C)C=CC1(C)C2. The summed E-state index contributed by atoms with van der Waals surface area (Å²) in [6.07, 6.45) is 3.36. The summed E-state index contributed by atoms with van der Waals surface area (Å²) in [5.74, 6) is 0. The number of hydrazine groups is 1. The number of carbonyl (C=O) groups excluding carboxylic acids is 2. The minimum absolute atomic E-state index is 0.532. The topological polar surface area (TPSA) is 59.1 Å². The van der Waals surface area contributed by atoms with Crippen LogP contribution in [0.1, 0.15) is 20.3 Å². The maximum Gasteiger partial charge on any atom is 0.429 e. The van der Waals surface area contributed by atoms with Crippen molar-refractivity contribution >= 4 is 12.2 Å². The van der Waals surface area contributed by atoms with Crippen LogP contribution in [0.2, 0.25) is 0 Å². The number of amides is 2. The summed E-state index contributed by atoms with van der Waals surface area (Å²) >= 11 is 0. The molecule has 2 amide bonds. The van der Waals surface area contributed by atoms with E-state index < -0.39 is 23.3 Å². The van der Waals surface area contributed by atoms with Gasteiger partial charge >= 0.3 is 12.2 Å². The molecule has 1 fully saturated rings. The highest BCUT2D eigenvalue weighted by atomic mass is 16.6. The van der Waals surface area contributed by atoms with Crippen LogP contribution in [0.4, 0.5) is 9.59 Å². The van der Waals surface area contributed by atoms with E-state index in [4.69, 9.17) is 9.47 Å². The normalized spacial score (nSPS) is 34.1. The predicted octanol–water partition coefficient (Wildman–Crippen LogP) is 1.53. The highest BCUT2D eigenvalue weighted by Gasteiger charge is 2.61. The quantitative estimate of drug-likeness (QED) is 0.602. The molecule has 94 valence electrons. The first kappa shape index (κ1) is 11.8. The van der Waals surface area contributed by atoms with Gasteiger partial charge in [-0.3, -0.25) is 0 Å². The van der Waals surface area contributed by atoms with Gasteiger partial charge in [-0.1, -0.05) is 12.2 Å². The Hall–Kier alpha value is -1.72. The van der Waals surface area contributed by atoms with Crippen LogP contribution in [0.3, 0.4) is 0 Å². The standard InChI is InChI=1S/C11H16N2O4/c1-10-5-6-11(2,7-10)13(9(15)17-4)12(10)8(14)16-3/h5-6H,7H2,1-4H3. The van der Waals surface area contributed by atoms with Gasteiger partial charge in [-0.15, -0.1) is 0 Å². The monoisotopic (exact) mass is 240 g/mol. The zero-order chi connectivity index (χ0) is 12.8. The second kappa shape index (κ2) is 3.38. The first-order chi connectivity index (χ1) is 7.88. The molecular formula is C11H16N2O4. The van der Waals surface area contributed by atoms with E-state index in [0.29, 0.717) is 6.42 Å². The molecule has 2 atom stereocenters. The van der Waals surface area contributed by atoms with Crippen LogP contribution in [0.5, 0.6) is 0 Å². The van der Waals surface area contributed by atoms with Crippen LogP contribution < -0.4 is 0 Å². The molecule has 1 saturated heterocycles. The Labute approximate surface area is 99.7 Å². The van der Waals surface area contributed by atoms with Crippen molar-refractivity contribution in [3.63, 3.8) is 0 Å². The maximum atomic E-state index is 11.8. The molecule has 2 rings (SSSR count). The highest BCUT2D eigenvalue weighted by molar-refractivity contribution is 5.78. The van der Waals surface area contributed by atoms with E-state index in [-0.39, 0.29) is 0 Å². The smallest absolute Gasteiger partial charge is 0.429 e. The highest BCUT2D eigenvalue weighted by Crippen LogP contribution is 2.48. The average molecular weight is 240 g/mol. The van der Waals surface area contributed by atoms with Crippen LogP contribution in [0.15, 0.2) is 12.2 Å². The van der Waals surface area contributed by atoms with E-state index in [1.807, 2.05) is 26.0 Å². The lowest BCUT2D eigenvalue weighted by atomic mass is 9.96. The summed E-state index contributed by atoms with van der Waals surface area (Å²) in [7, 11) is 2.58. The zero-order valence-electron chi connectivity index (χ0n) is 10.4. The van der Waals surface area contributed by atoms with Crippen LogP contribution >= 0.6 is 0 Å². The van der Waals surface area contributed by atoms with E-state index in [0.717, 1.165) is 0 Å². The summed E-state index contributed by atoms with van der Waals surface area (Å²) in [5.41, 5.74) is -1.06. The summed E-state index contributed by atoms with van der Waals surface area (Å²) in [4.78, 5) is 23.6. The molecule has 0 aromatic carbocycles. The van der Waals surface area contributed by atoms with Gasteiger partial charge in [0.05, 0.1) is 25.3 Å². The third-order valence-corrected chi connectivity index (χ3v) is 3.38. The lowest BCUT2D eigenvalue weighted by Crippen LogP contribution is -2.58. The van der Waals surface area contributed by atoms with Gasteiger partial charge in [0.15, 0.2) is 0 Å². The summed E-state index contributed by atoms with van der Waals surface area (Å²) in [6, 6.07) is 0. The first-order valence-corrected chi connectivity index (χ1v) is 5.35. The van der Waals surface area contributed by atoms with Crippen LogP contribution in [-0.2, 0) is 9.47 Å². The number of methoxy groups -OCH3 is 2. The largest absolute Gasteiger partial charge is 0.451 e. The van der Waals surface area contributed by atoms with Crippen molar-refractivity contribution in [3.8, 4) is 0 Å². The summed E-state index contributed by atoms with van der Waals surface area (Å²) in [5, 5.41) is 2.64. The van der Waals surface area contributed by atoms with Gasteiger partial charge in [-0.2, -0.15) is 0 Å². The minimum Gasteiger partial charge on any atom is -0.451 e. The average Bonchev–Trinajstić information content (AvgIpc) is 2.72. The third kappa shape index (κ3) is 1.40. The Morgan fingerprint density at radius 2 is 1.35 bits per heavy atom. The van der Waals surface area contributed by atoms with Gasteiger partial charge in [-0.05, 0) is 13.8 Å². The molecule has 17 heavy (non-hydrogen) atoms. The van der Waals surface area contributed by atoms with Crippen LogP contribution in [0.25, 0.3) is 0 Å².